The van der Waals surface area contributed by atoms with Gasteiger partial charge in [-0.05, 0) is 57.1 Å². The fourth-order valence-electron chi connectivity index (χ4n) is 6.37. The van der Waals surface area contributed by atoms with E-state index in [4.69, 9.17) is 18.9 Å². The summed E-state index contributed by atoms with van der Waals surface area (Å²) < 4.78 is 21.9. The first-order chi connectivity index (χ1) is 26.8. The van der Waals surface area contributed by atoms with E-state index in [1.54, 1.807) is 6.08 Å². The third-order valence-electron chi connectivity index (χ3n) is 9.88. The summed E-state index contributed by atoms with van der Waals surface area (Å²) in [5, 5.41) is 40.0. The van der Waals surface area contributed by atoms with Crippen LogP contribution in [0.5, 0.6) is 0 Å². The van der Waals surface area contributed by atoms with Crippen molar-refractivity contribution in [2.75, 3.05) is 19.8 Å². The molecule has 0 aromatic rings. The number of rotatable bonds is 35. The first-order valence-corrected chi connectivity index (χ1v) is 21.8. The van der Waals surface area contributed by atoms with Crippen LogP contribution >= 0.6 is 0 Å². The zero-order valence-electron chi connectivity index (χ0n) is 34.5. The number of carbonyl (C=O) groups excluding carboxylic acids is 2. The number of hydrogen-bond donors (Lipinski definition) is 4. The molecule has 1 saturated heterocycles. The average Bonchev–Trinajstić information content (AvgIpc) is 3.18. The Balaban J connectivity index is 2.42. The maximum absolute atomic E-state index is 12.6. The minimum Gasteiger partial charge on any atom is -0.462 e. The average molecular weight is 779 g/mol. The number of ether oxygens (including phenoxy) is 4. The first kappa shape index (κ1) is 50.7. The van der Waals surface area contributed by atoms with Gasteiger partial charge in [0.25, 0.3) is 0 Å². The van der Waals surface area contributed by atoms with Crippen LogP contribution in [0, 0.1) is 0 Å². The predicted octanol–water partition coefficient (Wildman–Crippen LogP) is 8.87. The van der Waals surface area contributed by atoms with Gasteiger partial charge in [-0.15, -0.1) is 5.73 Å². The molecule has 1 aliphatic rings. The van der Waals surface area contributed by atoms with E-state index < -0.39 is 55.4 Å². The molecule has 0 bridgehead atoms. The van der Waals surface area contributed by atoms with E-state index in [1.165, 1.54) is 102 Å². The molecule has 0 spiro atoms. The third kappa shape index (κ3) is 27.9. The molecule has 1 aliphatic heterocycles. The van der Waals surface area contributed by atoms with Gasteiger partial charge >= 0.3 is 11.9 Å². The number of unbranched alkanes of at least 4 members (excludes halogenated alkanes) is 21. The summed E-state index contributed by atoms with van der Waals surface area (Å²) in [6.45, 7) is 3.27. The van der Waals surface area contributed by atoms with Gasteiger partial charge < -0.3 is 39.4 Å². The van der Waals surface area contributed by atoms with E-state index in [9.17, 15) is 30.0 Å². The van der Waals surface area contributed by atoms with Crippen molar-refractivity contribution in [3.8, 4) is 0 Å². The summed E-state index contributed by atoms with van der Waals surface area (Å²) in [7, 11) is 0. The number of aliphatic hydroxyl groups excluding tert-OH is 4. The van der Waals surface area contributed by atoms with Crippen LogP contribution in [0.25, 0.3) is 0 Å². The van der Waals surface area contributed by atoms with Gasteiger partial charge in [-0.2, -0.15) is 0 Å². The number of aliphatic hydroxyl groups is 4. The van der Waals surface area contributed by atoms with E-state index in [2.05, 4.69) is 31.7 Å². The minimum atomic E-state index is -1.61. The molecule has 1 rings (SSSR count). The maximum atomic E-state index is 12.6. The zero-order valence-corrected chi connectivity index (χ0v) is 34.5. The molecule has 10 nitrogen and oxygen atoms in total. The molecule has 4 N–H and O–H groups in total. The van der Waals surface area contributed by atoms with Crippen molar-refractivity contribution in [1.29, 1.82) is 0 Å². The molecule has 0 saturated carbocycles. The van der Waals surface area contributed by atoms with Gasteiger partial charge in [-0.1, -0.05) is 141 Å². The summed E-state index contributed by atoms with van der Waals surface area (Å²) in [4.78, 5) is 25.2. The van der Waals surface area contributed by atoms with Crippen LogP contribution in [-0.4, -0.2) is 89.0 Å². The van der Waals surface area contributed by atoms with Crippen molar-refractivity contribution in [1.82, 2.24) is 0 Å². The Kier molecular flexibility index (Phi) is 33.3. The lowest BCUT2D eigenvalue weighted by Gasteiger charge is -2.39. The van der Waals surface area contributed by atoms with Gasteiger partial charge in [0.15, 0.2) is 12.4 Å². The van der Waals surface area contributed by atoms with Crippen molar-refractivity contribution >= 4 is 11.9 Å². The van der Waals surface area contributed by atoms with Gasteiger partial charge in [0.05, 0.1) is 13.2 Å². The normalized spacial score (nSPS) is 20.4. The molecule has 0 aliphatic carbocycles. The lowest BCUT2D eigenvalue weighted by molar-refractivity contribution is -0.305. The van der Waals surface area contributed by atoms with E-state index in [1.807, 2.05) is 12.2 Å². The van der Waals surface area contributed by atoms with Gasteiger partial charge in [-0.3, -0.25) is 4.79 Å². The van der Waals surface area contributed by atoms with E-state index in [0.717, 1.165) is 51.4 Å². The Morgan fingerprint density at radius 3 is 1.75 bits per heavy atom. The van der Waals surface area contributed by atoms with Gasteiger partial charge in [-0.25, -0.2) is 4.79 Å². The second kappa shape index (κ2) is 36.1. The van der Waals surface area contributed by atoms with Crippen LogP contribution in [0.1, 0.15) is 174 Å². The number of hydrogen-bond acceptors (Lipinski definition) is 10. The van der Waals surface area contributed by atoms with Gasteiger partial charge in [0.2, 0.25) is 0 Å². The monoisotopic (exact) mass is 779 g/mol. The topological polar surface area (TPSA) is 152 Å². The molecule has 55 heavy (non-hydrogen) atoms. The number of carbonyl (C=O) groups is 2. The molecule has 0 aromatic heterocycles. The largest absolute Gasteiger partial charge is 0.462 e. The fraction of sp³-hybridized carbons (Fsp3) is 0.800. The molecule has 1 heterocycles. The molecular weight excluding hydrogens is 700 g/mol. The Morgan fingerprint density at radius 1 is 0.655 bits per heavy atom. The lowest BCUT2D eigenvalue weighted by Crippen LogP contribution is -2.59. The van der Waals surface area contributed by atoms with Crippen molar-refractivity contribution in [3.63, 3.8) is 0 Å². The minimum absolute atomic E-state index is 0.235. The fourth-order valence-corrected chi connectivity index (χ4v) is 6.37. The Bertz CT molecular complexity index is 1050. The third-order valence-corrected chi connectivity index (χ3v) is 9.88. The molecule has 10 heteroatoms. The molecule has 0 radical (unpaired) electrons. The van der Waals surface area contributed by atoms with Crippen LogP contribution in [0.3, 0.4) is 0 Å². The van der Waals surface area contributed by atoms with Crippen molar-refractivity contribution in [2.45, 2.75) is 211 Å². The van der Waals surface area contributed by atoms with Crippen LogP contribution in [0.2, 0.25) is 0 Å². The summed E-state index contributed by atoms with van der Waals surface area (Å²) in [6.07, 6.45) is 31.3. The molecule has 318 valence electrons. The zero-order chi connectivity index (χ0) is 40.2. The second-order valence-electron chi connectivity index (χ2n) is 15.0. The van der Waals surface area contributed by atoms with Crippen LogP contribution in [0.4, 0.5) is 0 Å². The van der Waals surface area contributed by atoms with Crippen molar-refractivity contribution in [2.24, 2.45) is 0 Å². The summed E-state index contributed by atoms with van der Waals surface area (Å²) in [6, 6.07) is 0. The van der Waals surface area contributed by atoms with E-state index in [-0.39, 0.29) is 19.6 Å². The smallest absolute Gasteiger partial charge is 0.331 e. The van der Waals surface area contributed by atoms with Crippen LogP contribution in [-0.2, 0) is 28.5 Å². The maximum Gasteiger partial charge on any atom is 0.331 e. The first-order valence-electron chi connectivity index (χ1n) is 21.8. The molecule has 6 atom stereocenters. The number of esters is 2. The highest BCUT2D eigenvalue weighted by Gasteiger charge is 2.44. The molecule has 0 aromatic carbocycles. The Morgan fingerprint density at radius 2 is 1.18 bits per heavy atom. The lowest BCUT2D eigenvalue weighted by atomic mass is 9.99. The summed E-state index contributed by atoms with van der Waals surface area (Å²) in [5.74, 6) is -1.08. The summed E-state index contributed by atoms with van der Waals surface area (Å²) in [5.41, 5.74) is 3.29. The highest BCUT2D eigenvalue weighted by molar-refractivity contribution is 5.82. The van der Waals surface area contributed by atoms with Crippen LogP contribution in [0.15, 0.2) is 42.2 Å². The van der Waals surface area contributed by atoms with Crippen molar-refractivity contribution in [3.05, 3.63) is 42.2 Å². The Hall–Kier alpha value is -2.30. The van der Waals surface area contributed by atoms with E-state index >= 15 is 0 Å². The van der Waals surface area contributed by atoms with Gasteiger partial charge in [0, 0.05) is 12.5 Å². The number of allylic oxidation sites excluding steroid dienone is 4. The van der Waals surface area contributed by atoms with Gasteiger partial charge in [0.1, 0.15) is 31.0 Å². The molecule has 1 fully saturated rings. The summed E-state index contributed by atoms with van der Waals surface area (Å²) >= 11 is 0. The van der Waals surface area contributed by atoms with Crippen LogP contribution < -0.4 is 0 Å². The highest BCUT2D eigenvalue weighted by Crippen LogP contribution is 2.22. The second-order valence-corrected chi connectivity index (χ2v) is 15.0. The van der Waals surface area contributed by atoms with Crippen molar-refractivity contribution < 1.29 is 49.0 Å². The highest BCUT2D eigenvalue weighted by atomic mass is 16.7. The predicted molar refractivity (Wildman–Crippen MR) is 218 cm³/mol. The quantitative estimate of drug-likeness (QED) is 0.0161. The molecule has 2 unspecified atom stereocenters. The molecule has 0 amide bonds. The standard InChI is InChI=1S/C45H78O10/c1-3-5-7-9-11-13-15-17-19-21-23-25-27-29-31-33-40(47)52-36-38(37-53-45-44(51)43(50)42(49)39(35-46)55-45)54-41(48)34-32-30-28-26-24-22-20-18-16-14-12-10-8-6-4-2/h15,19,28,30,32,34,38-39,42-46,49-51H,3-14,16,18,20-27,29,31,33,35-37H2,1-2H3/b30-28+,34-32+/t17?,38-,39-,42+,43?,44?,45-/m0/s1. The SMILES string of the molecule is CCCCCCCC=C=CCCCCCCCC(=O)OC[C@@H](CO[C@H]1O[C@@H](CO)[C@@H](O)C(O)C1O)OC(=O)/C=C/C=C/CCCCCCCCCCCCC. The Labute approximate surface area is 333 Å². The van der Waals surface area contributed by atoms with E-state index in [0.29, 0.717) is 6.42 Å². The molecular formula is C45H78O10.